The van der Waals surface area contributed by atoms with Gasteiger partial charge in [-0.3, -0.25) is 9.59 Å². The van der Waals surface area contributed by atoms with E-state index >= 15 is 0 Å². The molecule has 2 amide bonds. The van der Waals surface area contributed by atoms with Gasteiger partial charge in [-0.15, -0.1) is 0 Å². The first-order valence-electron chi connectivity index (χ1n) is 7.99. The fourth-order valence-corrected chi connectivity index (χ4v) is 2.34. The smallest absolute Gasteiger partial charge is 0.228 e. The summed E-state index contributed by atoms with van der Waals surface area (Å²) in [7, 11) is 1.52. The van der Waals surface area contributed by atoms with Gasteiger partial charge in [-0.1, -0.05) is 12.1 Å². The molecule has 6 heteroatoms. The Kier molecular flexibility index (Phi) is 6.39. The van der Waals surface area contributed by atoms with E-state index in [2.05, 4.69) is 10.6 Å². The highest BCUT2D eigenvalue weighted by Crippen LogP contribution is 2.28. The molecule has 0 bridgehead atoms. The highest BCUT2D eigenvalue weighted by atomic mass is 16.5. The molecule has 0 saturated carbocycles. The number of rotatable bonds is 7. The van der Waals surface area contributed by atoms with Gasteiger partial charge in [0.1, 0.15) is 11.5 Å². The lowest BCUT2D eigenvalue weighted by Gasteiger charge is -2.12. The van der Waals surface area contributed by atoms with Crippen molar-refractivity contribution < 1.29 is 19.1 Å². The molecule has 0 saturated heterocycles. The molecule has 6 nitrogen and oxygen atoms in total. The van der Waals surface area contributed by atoms with Crippen LogP contribution in [-0.2, 0) is 16.0 Å². The van der Waals surface area contributed by atoms with E-state index in [4.69, 9.17) is 9.47 Å². The summed E-state index contributed by atoms with van der Waals surface area (Å²) in [4.78, 5) is 23.5. The standard InChI is InChI=1S/C19H22N2O4/c1-4-25-16-8-5-14(6-9-16)11-19(23)21-17-12-15(20-13(2)22)7-10-18(17)24-3/h5-10,12H,4,11H2,1-3H3,(H,20,22)(H,21,23). The van der Waals surface area contributed by atoms with Crippen LogP contribution in [0.5, 0.6) is 11.5 Å². The molecular formula is C19H22N2O4. The lowest BCUT2D eigenvalue weighted by atomic mass is 10.1. The Hall–Kier alpha value is -3.02. The minimum Gasteiger partial charge on any atom is -0.495 e. The van der Waals surface area contributed by atoms with E-state index in [9.17, 15) is 9.59 Å². The van der Waals surface area contributed by atoms with E-state index < -0.39 is 0 Å². The lowest BCUT2D eigenvalue weighted by Crippen LogP contribution is -2.15. The van der Waals surface area contributed by atoms with E-state index in [0.717, 1.165) is 11.3 Å². The Bertz CT molecular complexity index is 742. The zero-order valence-corrected chi connectivity index (χ0v) is 14.6. The van der Waals surface area contributed by atoms with Crippen molar-refractivity contribution in [1.82, 2.24) is 0 Å². The fourth-order valence-electron chi connectivity index (χ4n) is 2.34. The molecule has 2 N–H and O–H groups in total. The third kappa shape index (κ3) is 5.53. The van der Waals surface area contributed by atoms with Crippen molar-refractivity contribution in [2.45, 2.75) is 20.3 Å². The molecule has 0 unspecified atom stereocenters. The Balaban J connectivity index is 2.06. The van der Waals surface area contributed by atoms with Crippen LogP contribution < -0.4 is 20.1 Å². The van der Waals surface area contributed by atoms with Crippen molar-refractivity contribution in [2.24, 2.45) is 0 Å². The van der Waals surface area contributed by atoms with E-state index in [1.165, 1.54) is 14.0 Å². The first-order chi connectivity index (χ1) is 12.0. The van der Waals surface area contributed by atoms with Crippen molar-refractivity contribution in [2.75, 3.05) is 24.4 Å². The van der Waals surface area contributed by atoms with Gasteiger partial charge < -0.3 is 20.1 Å². The molecule has 0 aliphatic carbocycles. The molecule has 0 spiro atoms. The number of hydrogen-bond donors (Lipinski definition) is 2. The zero-order valence-electron chi connectivity index (χ0n) is 14.6. The Labute approximate surface area is 147 Å². The number of anilines is 2. The maximum absolute atomic E-state index is 12.3. The van der Waals surface area contributed by atoms with Crippen LogP contribution in [0.25, 0.3) is 0 Å². The van der Waals surface area contributed by atoms with Crippen LogP contribution in [-0.4, -0.2) is 25.5 Å². The molecule has 132 valence electrons. The van der Waals surface area contributed by atoms with Crippen molar-refractivity contribution in [3.63, 3.8) is 0 Å². The second-order valence-electron chi connectivity index (χ2n) is 5.40. The minimum absolute atomic E-state index is 0.178. The number of carbonyl (C=O) groups is 2. The summed E-state index contributed by atoms with van der Waals surface area (Å²) >= 11 is 0. The Morgan fingerprint density at radius 2 is 1.76 bits per heavy atom. The topological polar surface area (TPSA) is 76.7 Å². The van der Waals surface area contributed by atoms with Crippen LogP contribution in [0.1, 0.15) is 19.4 Å². The Morgan fingerprint density at radius 1 is 1.04 bits per heavy atom. The van der Waals surface area contributed by atoms with Crippen LogP contribution in [0.15, 0.2) is 42.5 Å². The highest BCUT2D eigenvalue weighted by molar-refractivity contribution is 5.95. The van der Waals surface area contributed by atoms with Gasteiger partial charge in [-0.25, -0.2) is 0 Å². The third-order valence-electron chi connectivity index (χ3n) is 3.39. The van der Waals surface area contributed by atoms with Crippen LogP contribution in [0.2, 0.25) is 0 Å². The summed E-state index contributed by atoms with van der Waals surface area (Å²) in [6.07, 6.45) is 0.222. The van der Waals surface area contributed by atoms with Crippen LogP contribution >= 0.6 is 0 Å². The summed E-state index contributed by atoms with van der Waals surface area (Å²) in [6, 6.07) is 12.5. The molecular weight excluding hydrogens is 320 g/mol. The van der Waals surface area contributed by atoms with Gasteiger partial charge in [0.05, 0.1) is 25.8 Å². The second kappa shape index (κ2) is 8.73. The SMILES string of the molecule is CCOc1ccc(CC(=O)Nc2cc(NC(C)=O)ccc2OC)cc1. The van der Waals surface area contributed by atoms with E-state index in [0.29, 0.717) is 23.7 Å². The first-order valence-corrected chi connectivity index (χ1v) is 7.99. The molecule has 0 aliphatic rings. The highest BCUT2D eigenvalue weighted by Gasteiger charge is 2.10. The average Bonchev–Trinajstić information content (AvgIpc) is 2.56. The lowest BCUT2D eigenvalue weighted by molar-refractivity contribution is -0.116. The summed E-state index contributed by atoms with van der Waals surface area (Å²) in [5.74, 6) is 0.935. The quantitative estimate of drug-likeness (QED) is 0.810. The predicted molar refractivity (Wildman–Crippen MR) is 97.2 cm³/mol. The van der Waals surface area contributed by atoms with Crippen molar-refractivity contribution in [3.8, 4) is 11.5 Å². The van der Waals surface area contributed by atoms with Gasteiger partial charge >= 0.3 is 0 Å². The van der Waals surface area contributed by atoms with E-state index in [1.807, 2.05) is 31.2 Å². The van der Waals surface area contributed by atoms with Crippen LogP contribution in [0, 0.1) is 0 Å². The molecule has 0 atom stereocenters. The van der Waals surface area contributed by atoms with Gasteiger partial charge in [0, 0.05) is 12.6 Å². The minimum atomic E-state index is -0.183. The number of methoxy groups -OCH3 is 1. The summed E-state index contributed by atoms with van der Waals surface area (Å²) in [6.45, 7) is 3.95. The predicted octanol–water partition coefficient (Wildman–Crippen LogP) is 3.23. The summed E-state index contributed by atoms with van der Waals surface area (Å²) in [5.41, 5.74) is 1.97. The molecule has 0 aromatic heterocycles. The van der Waals surface area contributed by atoms with Crippen molar-refractivity contribution in [1.29, 1.82) is 0 Å². The molecule has 0 radical (unpaired) electrons. The van der Waals surface area contributed by atoms with Gasteiger partial charge in [-0.05, 0) is 42.8 Å². The summed E-state index contributed by atoms with van der Waals surface area (Å²) < 4.78 is 10.6. The van der Waals surface area contributed by atoms with Gasteiger partial charge in [0.15, 0.2) is 0 Å². The van der Waals surface area contributed by atoms with Crippen molar-refractivity contribution >= 4 is 23.2 Å². The molecule has 0 aliphatic heterocycles. The van der Waals surface area contributed by atoms with E-state index in [-0.39, 0.29) is 18.2 Å². The van der Waals surface area contributed by atoms with Crippen LogP contribution in [0.4, 0.5) is 11.4 Å². The molecule has 2 rings (SSSR count). The number of carbonyl (C=O) groups excluding carboxylic acids is 2. The van der Waals surface area contributed by atoms with Crippen LogP contribution in [0.3, 0.4) is 0 Å². The number of nitrogens with one attached hydrogen (secondary N) is 2. The first kappa shape index (κ1) is 18.3. The number of ether oxygens (including phenoxy) is 2. The fraction of sp³-hybridized carbons (Fsp3) is 0.263. The molecule has 0 heterocycles. The maximum atomic E-state index is 12.3. The Morgan fingerprint density at radius 3 is 2.36 bits per heavy atom. The largest absolute Gasteiger partial charge is 0.495 e. The molecule has 2 aromatic rings. The van der Waals surface area contributed by atoms with Crippen molar-refractivity contribution in [3.05, 3.63) is 48.0 Å². The normalized spacial score (nSPS) is 10.0. The average molecular weight is 342 g/mol. The van der Waals surface area contributed by atoms with Gasteiger partial charge in [0.2, 0.25) is 11.8 Å². The third-order valence-corrected chi connectivity index (χ3v) is 3.39. The maximum Gasteiger partial charge on any atom is 0.228 e. The van der Waals surface area contributed by atoms with E-state index in [1.54, 1.807) is 18.2 Å². The number of amides is 2. The van der Waals surface area contributed by atoms with Gasteiger partial charge in [0.25, 0.3) is 0 Å². The van der Waals surface area contributed by atoms with Gasteiger partial charge in [-0.2, -0.15) is 0 Å². The number of hydrogen-bond acceptors (Lipinski definition) is 4. The second-order valence-corrected chi connectivity index (χ2v) is 5.40. The molecule has 0 fully saturated rings. The molecule has 25 heavy (non-hydrogen) atoms. The monoisotopic (exact) mass is 342 g/mol. The number of benzene rings is 2. The summed E-state index contributed by atoms with van der Waals surface area (Å²) in [5, 5.41) is 5.49. The molecule has 2 aromatic carbocycles. The zero-order chi connectivity index (χ0) is 18.2.